The number of fused-ring (bicyclic) bond motifs is 1. The molecule has 5 nitrogen and oxygen atoms in total. The normalized spacial score (nSPS) is 16.2. The van der Waals surface area contributed by atoms with E-state index in [2.05, 4.69) is 10.3 Å². The number of nitrogens with one attached hydrogen (secondary N) is 1. The lowest BCUT2D eigenvalue weighted by Crippen LogP contribution is -2.46. The zero-order valence-electron chi connectivity index (χ0n) is 13.8. The van der Waals surface area contributed by atoms with Crippen LogP contribution in [0.2, 0.25) is 0 Å². The largest absolute Gasteiger partial charge is 0.317 e. The second kappa shape index (κ2) is 8.25. The molecule has 1 aliphatic heterocycles. The van der Waals surface area contributed by atoms with Crippen molar-refractivity contribution in [1.82, 2.24) is 14.6 Å². The van der Waals surface area contributed by atoms with Crippen molar-refractivity contribution in [3.05, 3.63) is 36.5 Å². The highest BCUT2D eigenvalue weighted by Gasteiger charge is 2.32. The summed E-state index contributed by atoms with van der Waals surface area (Å²) in [6.45, 7) is 4.33. The van der Waals surface area contributed by atoms with Gasteiger partial charge < -0.3 is 5.32 Å². The van der Waals surface area contributed by atoms with Crippen LogP contribution in [0.15, 0.2) is 41.4 Å². The summed E-state index contributed by atoms with van der Waals surface area (Å²) in [6.07, 6.45) is 4.23. The van der Waals surface area contributed by atoms with E-state index in [-0.39, 0.29) is 18.4 Å². The second-order valence-electron chi connectivity index (χ2n) is 5.92. The molecule has 1 aromatic heterocycles. The van der Waals surface area contributed by atoms with Crippen LogP contribution in [0.1, 0.15) is 26.2 Å². The van der Waals surface area contributed by atoms with E-state index in [1.54, 1.807) is 28.7 Å². The molecule has 2 heterocycles. The molecule has 0 atom stereocenters. The molecule has 0 unspecified atom stereocenters. The summed E-state index contributed by atoms with van der Waals surface area (Å²) in [7, 11) is -3.52. The summed E-state index contributed by atoms with van der Waals surface area (Å²) in [4.78, 5) is 4.65. The third kappa shape index (κ3) is 3.72. The van der Waals surface area contributed by atoms with Crippen LogP contribution in [0.25, 0.3) is 10.9 Å². The maximum absolute atomic E-state index is 13.3. The number of rotatable bonds is 5. The Morgan fingerprint density at radius 2 is 1.96 bits per heavy atom. The molecule has 0 spiro atoms. The Balaban J connectivity index is 0.00000208. The second-order valence-corrected chi connectivity index (χ2v) is 7.78. The number of sulfonamides is 1. The maximum Gasteiger partial charge on any atom is 0.243 e. The van der Waals surface area contributed by atoms with Crippen LogP contribution in [0.5, 0.6) is 0 Å². The van der Waals surface area contributed by atoms with Gasteiger partial charge in [-0.1, -0.05) is 13.0 Å². The fourth-order valence-corrected chi connectivity index (χ4v) is 5.22. The van der Waals surface area contributed by atoms with E-state index in [0.717, 1.165) is 37.9 Å². The predicted octanol–water partition coefficient (Wildman–Crippen LogP) is 2.81. The van der Waals surface area contributed by atoms with Crippen molar-refractivity contribution >= 4 is 33.3 Å². The Bertz CT molecular complexity index is 771. The fourth-order valence-electron chi connectivity index (χ4n) is 3.24. The lowest BCUT2D eigenvalue weighted by Gasteiger charge is -2.33. The van der Waals surface area contributed by atoms with Gasteiger partial charge in [0.25, 0.3) is 0 Å². The average Bonchev–Trinajstić information content (AvgIpc) is 2.59. The van der Waals surface area contributed by atoms with Gasteiger partial charge in [-0.2, -0.15) is 4.31 Å². The number of hydrogen-bond donors (Lipinski definition) is 1. The molecule has 1 saturated heterocycles. The molecule has 24 heavy (non-hydrogen) atoms. The van der Waals surface area contributed by atoms with E-state index in [9.17, 15) is 8.42 Å². The number of halogens is 1. The number of nitrogens with zero attached hydrogens (tertiary/aromatic N) is 2. The molecule has 1 fully saturated rings. The van der Waals surface area contributed by atoms with E-state index in [1.165, 1.54) is 0 Å². The lowest BCUT2D eigenvalue weighted by molar-refractivity contribution is 0.262. The van der Waals surface area contributed by atoms with Gasteiger partial charge in [0, 0.05) is 24.2 Å². The van der Waals surface area contributed by atoms with Gasteiger partial charge >= 0.3 is 0 Å². The Morgan fingerprint density at radius 1 is 1.21 bits per heavy atom. The van der Waals surface area contributed by atoms with E-state index in [0.29, 0.717) is 16.8 Å². The van der Waals surface area contributed by atoms with Crippen LogP contribution in [0.4, 0.5) is 0 Å². The summed E-state index contributed by atoms with van der Waals surface area (Å²) in [6, 6.07) is 9.02. The summed E-state index contributed by atoms with van der Waals surface area (Å²) in [5.41, 5.74) is 0.718. The minimum absolute atomic E-state index is 0. The molecular formula is C17H24ClN3O2S. The van der Waals surface area contributed by atoms with Crippen molar-refractivity contribution in [2.45, 2.75) is 37.1 Å². The van der Waals surface area contributed by atoms with Gasteiger partial charge in [0.15, 0.2) is 0 Å². The third-order valence-electron chi connectivity index (χ3n) is 4.35. The van der Waals surface area contributed by atoms with Gasteiger partial charge in [-0.3, -0.25) is 4.98 Å². The molecule has 7 heteroatoms. The third-order valence-corrected chi connectivity index (χ3v) is 6.36. The summed E-state index contributed by atoms with van der Waals surface area (Å²) in [5, 5.41) is 4.00. The first kappa shape index (κ1) is 19.1. The molecule has 1 aromatic carbocycles. The monoisotopic (exact) mass is 369 g/mol. The van der Waals surface area contributed by atoms with Crippen molar-refractivity contribution < 1.29 is 8.42 Å². The van der Waals surface area contributed by atoms with Crippen molar-refractivity contribution in [3.63, 3.8) is 0 Å². The SMILES string of the molecule is CCCN(C1CCNCC1)S(=O)(=O)c1cccc2ncccc12.Cl. The van der Waals surface area contributed by atoms with Crippen molar-refractivity contribution in [2.24, 2.45) is 0 Å². The van der Waals surface area contributed by atoms with Gasteiger partial charge in [-0.25, -0.2) is 8.42 Å². The molecule has 132 valence electrons. The first-order valence-electron chi connectivity index (χ1n) is 8.21. The van der Waals surface area contributed by atoms with E-state index >= 15 is 0 Å². The van der Waals surface area contributed by atoms with Crippen molar-refractivity contribution in [3.8, 4) is 0 Å². The topological polar surface area (TPSA) is 62.3 Å². The number of piperidine rings is 1. The highest BCUT2D eigenvalue weighted by Crippen LogP contribution is 2.28. The van der Waals surface area contributed by atoms with Crippen LogP contribution >= 0.6 is 12.4 Å². The van der Waals surface area contributed by atoms with Gasteiger partial charge in [-0.05, 0) is 56.6 Å². The molecule has 0 amide bonds. The van der Waals surface area contributed by atoms with Crippen LogP contribution in [0.3, 0.4) is 0 Å². The van der Waals surface area contributed by atoms with Crippen LogP contribution in [0, 0.1) is 0 Å². The van der Waals surface area contributed by atoms with Crippen molar-refractivity contribution in [1.29, 1.82) is 0 Å². The summed E-state index contributed by atoms with van der Waals surface area (Å²) >= 11 is 0. The van der Waals surface area contributed by atoms with Gasteiger partial charge in [0.1, 0.15) is 0 Å². The van der Waals surface area contributed by atoms with Crippen LogP contribution in [-0.4, -0.2) is 43.4 Å². The van der Waals surface area contributed by atoms with E-state index in [4.69, 9.17) is 0 Å². The van der Waals surface area contributed by atoms with Gasteiger partial charge in [-0.15, -0.1) is 12.4 Å². The smallest absolute Gasteiger partial charge is 0.243 e. The number of benzene rings is 1. The average molecular weight is 370 g/mol. The molecule has 0 bridgehead atoms. The minimum Gasteiger partial charge on any atom is -0.317 e. The van der Waals surface area contributed by atoms with Crippen molar-refractivity contribution in [2.75, 3.05) is 19.6 Å². The molecule has 2 aromatic rings. The quantitative estimate of drug-likeness (QED) is 0.880. The zero-order chi connectivity index (χ0) is 16.3. The Kier molecular flexibility index (Phi) is 6.57. The Labute approximate surface area is 149 Å². The molecule has 3 rings (SSSR count). The first-order chi connectivity index (χ1) is 11.1. The summed E-state index contributed by atoms with van der Waals surface area (Å²) < 4.78 is 28.3. The van der Waals surface area contributed by atoms with E-state index in [1.807, 2.05) is 19.1 Å². The standard InChI is InChI=1S/C17H23N3O2S.ClH/c1-2-13-20(14-8-11-18-12-9-14)23(21,22)17-7-3-6-16-15(17)5-4-10-19-16;/h3-7,10,14,18H,2,8-9,11-13H2,1H3;1H. The molecule has 0 aliphatic carbocycles. The number of hydrogen-bond acceptors (Lipinski definition) is 4. The van der Waals surface area contributed by atoms with Crippen LogP contribution in [-0.2, 0) is 10.0 Å². The number of aromatic nitrogens is 1. The minimum atomic E-state index is -3.52. The molecule has 1 aliphatic rings. The van der Waals surface area contributed by atoms with Gasteiger partial charge in [0.05, 0.1) is 10.4 Å². The molecule has 0 radical (unpaired) electrons. The fraction of sp³-hybridized carbons (Fsp3) is 0.471. The van der Waals surface area contributed by atoms with Crippen LogP contribution < -0.4 is 5.32 Å². The Morgan fingerprint density at radius 3 is 2.67 bits per heavy atom. The highest BCUT2D eigenvalue weighted by atomic mass is 35.5. The lowest BCUT2D eigenvalue weighted by atomic mass is 10.1. The zero-order valence-corrected chi connectivity index (χ0v) is 15.4. The highest BCUT2D eigenvalue weighted by molar-refractivity contribution is 7.89. The maximum atomic E-state index is 13.3. The summed E-state index contributed by atoms with van der Waals surface area (Å²) in [5.74, 6) is 0. The Hall–Kier alpha value is -1.21. The molecule has 1 N–H and O–H groups in total. The predicted molar refractivity (Wildman–Crippen MR) is 99.1 cm³/mol. The molecular weight excluding hydrogens is 346 g/mol. The van der Waals surface area contributed by atoms with E-state index < -0.39 is 10.0 Å². The molecule has 0 saturated carbocycles. The number of pyridine rings is 1. The first-order valence-corrected chi connectivity index (χ1v) is 9.65. The van der Waals surface area contributed by atoms with Gasteiger partial charge in [0.2, 0.25) is 10.0 Å².